The number of carbonyl (C=O) groups is 4. The molecule has 0 aliphatic rings. The maximum Gasteiger partial charge on any atom is 0.472 e. The molecular weight excluding hydrogens is 1160 g/mol. The molecule has 0 spiro atoms. The van der Waals surface area contributed by atoms with Crippen LogP contribution in [0.25, 0.3) is 0 Å². The molecule has 0 aromatic heterocycles. The first-order valence-corrected chi connectivity index (χ1v) is 38.8. The molecule has 3 N–H and O–H groups in total. The third kappa shape index (κ3) is 59.1. The SMILES string of the molecule is CCC(C)CCCCCCCCCCCCC(=O)O[C@H](COC(=O)CCCCCCCCC(C)CC)COP(=O)(O)OC[C@@H](O)COP(=O)(O)OC[C@@H](COC(=O)CCCCCCCCC(C)CC)OC(=O)CCCCCCCCCCCCCC(C)C. The summed E-state index contributed by atoms with van der Waals surface area (Å²) in [7, 11) is -9.90. The molecule has 5 unspecified atom stereocenters. The fourth-order valence-corrected chi connectivity index (χ4v) is 11.8. The van der Waals surface area contributed by atoms with E-state index in [1.54, 1.807) is 0 Å². The molecule has 19 heteroatoms. The summed E-state index contributed by atoms with van der Waals surface area (Å²) >= 11 is 0. The Hall–Kier alpha value is -1.94. The van der Waals surface area contributed by atoms with Crippen molar-refractivity contribution in [2.75, 3.05) is 39.6 Å². The number of rotatable bonds is 66. The predicted molar refractivity (Wildman–Crippen MR) is 354 cm³/mol. The van der Waals surface area contributed by atoms with Crippen molar-refractivity contribution in [3.05, 3.63) is 0 Å². The summed E-state index contributed by atoms with van der Waals surface area (Å²) in [5, 5.41) is 10.6. The van der Waals surface area contributed by atoms with E-state index in [0.717, 1.165) is 126 Å². The van der Waals surface area contributed by atoms with E-state index in [2.05, 4.69) is 55.4 Å². The summed E-state index contributed by atoms with van der Waals surface area (Å²) < 4.78 is 68.2. The average molecular weight is 1300 g/mol. The number of hydrogen-bond donors (Lipinski definition) is 3. The van der Waals surface area contributed by atoms with Crippen LogP contribution in [0, 0.1) is 23.7 Å². The standard InChI is InChI=1S/C69H134O17P2/c1-9-60(6)46-38-30-22-18-15-16-20-24-36-44-52-69(74)86-65(56-80-67(72)50-42-34-28-26-32-40-48-62(8)11-3)58-84-88(77,78)82-54-63(70)53-81-87(75,76)83-57-64(55-79-66(71)49-41-33-27-25-31-39-47-61(7)10-2)85-68(73)51-43-35-23-19-14-12-13-17-21-29-37-45-59(4)5/h59-65,70H,9-58H2,1-8H3,(H,75,76)(H,77,78)/t60?,61?,62?,63-,64+,65+/m0/s1. The summed E-state index contributed by atoms with van der Waals surface area (Å²) in [4.78, 5) is 72.5. The minimum absolute atomic E-state index is 0.105. The van der Waals surface area contributed by atoms with Gasteiger partial charge in [0.1, 0.15) is 19.3 Å². The molecule has 17 nitrogen and oxygen atoms in total. The first-order valence-electron chi connectivity index (χ1n) is 35.8. The van der Waals surface area contributed by atoms with E-state index in [1.165, 1.54) is 128 Å². The number of phosphoric ester groups is 2. The Kier molecular flexibility index (Phi) is 57.6. The van der Waals surface area contributed by atoms with E-state index in [0.29, 0.717) is 25.7 Å². The van der Waals surface area contributed by atoms with Gasteiger partial charge in [0, 0.05) is 25.7 Å². The molecule has 0 aromatic rings. The molecule has 0 rings (SSSR count). The Morgan fingerprint density at radius 3 is 0.807 bits per heavy atom. The zero-order valence-electron chi connectivity index (χ0n) is 57.3. The molecule has 0 bridgehead atoms. The van der Waals surface area contributed by atoms with Crippen molar-refractivity contribution in [3.63, 3.8) is 0 Å². The van der Waals surface area contributed by atoms with E-state index in [1.807, 2.05) is 0 Å². The maximum atomic E-state index is 13.0. The minimum Gasteiger partial charge on any atom is -0.462 e. The van der Waals surface area contributed by atoms with Gasteiger partial charge in [-0.15, -0.1) is 0 Å². The second-order valence-corrected chi connectivity index (χ2v) is 29.0. The first kappa shape index (κ1) is 86.1. The molecule has 0 aliphatic heterocycles. The highest BCUT2D eigenvalue weighted by Crippen LogP contribution is 2.45. The second kappa shape index (κ2) is 58.8. The summed E-state index contributed by atoms with van der Waals surface area (Å²) in [6.45, 7) is 14.1. The number of aliphatic hydroxyl groups excluding tert-OH is 1. The molecule has 0 fully saturated rings. The fourth-order valence-electron chi connectivity index (χ4n) is 10.2. The van der Waals surface area contributed by atoms with Crippen LogP contribution in [0.5, 0.6) is 0 Å². The van der Waals surface area contributed by atoms with Crippen molar-refractivity contribution in [1.29, 1.82) is 0 Å². The average Bonchev–Trinajstić information content (AvgIpc) is 3.53. The highest BCUT2D eigenvalue weighted by Gasteiger charge is 2.30. The van der Waals surface area contributed by atoms with Gasteiger partial charge in [-0.1, -0.05) is 287 Å². The highest BCUT2D eigenvalue weighted by molar-refractivity contribution is 7.47. The Balaban J connectivity index is 5.27. The largest absolute Gasteiger partial charge is 0.472 e. The number of carbonyl (C=O) groups excluding carboxylic acids is 4. The van der Waals surface area contributed by atoms with E-state index in [9.17, 15) is 43.2 Å². The van der Waals surface area contributed by atoms with Gasteiger partial charge in [-0.05, 0) is 49.4 Å². The smallest absolute Gasteiger partial charge is 0.462 e. The third-order valence-corrected chi connectivity index (χ3v) is 18.8. The summed E-state index contributed by atoms with van der Waals surface area (Å²) in [6.07, 6.45) is 40.2. The Labute approximate surface area is 537 Å². The van der Waals surface area contributed by atoms with E-state index in [4.69, 9.17) is 37.0 Å². The molecule has 0 radical (unpaired) electrons. The number of ether oxygens (including phenoxy) is 4. The van der Waals surface area contributed by atoms with Crippen LogP contribution in [0.1, 0.15) is 338 Å². The summed E-state index contributed by atoms with van der Waals surface area (Å²) in [6, 6.07) is 0. The molecule has 522 valence electrons. The molecule has 88 heavy (non-hydrogen) atoms. The van der Waals surface area contributed by atoms with Crippen molar-refractivity contribution in [2.45, 2.75) is 356 Å². The van der Waals surface area contributed by atoms with Crippen LogP contribution in [0.15, 0.2) is 0 Å². The van der Waals surface area contributed by atoms with Gasteiger partial charge in [0.15, 0.2) is 12.2 Å². The summed E-state index contributed by atoms with van der Waals surface area (Å²) in [5.74, 6) is 0.897. The molecular formula is C69H134O17P2. The molecule has 0 saturated heterocycles. The van der Waals surface area contributed by atoms with E-state index < -0.39 is 97.5 Å². The first-order chi connectivity index (χ1) is 42.2. The van der Waals surface area contributed by atoms with Gasteiger partial charge < -0.3 is 33.8 Å². The van der Waals surface area contributed by atoms with Crippen LogP contribution in [-0.2, 0) is 65.4 Å². The number of hydrogen-bond acceptors (Lipinski definition) is 15. The molecule has 0 aliphatic carbocycles. The second-order valence-electron chi connectivity index (χ2n) is 26.1. The molecule has 0 heterocycles. The van der Waals surface area contributed by atoms with Gasteiger partial charge in [-0.25, -0.2) is 9.13 Å². The normalized spacial score (nSPS) is 15.2. The number of unbranched alkanes of at least 4 members (excludes halogenated alkanes) is 29. The van der Waals surface area contributed by atoms with Crippen molar-refractivity contribution in [3.8, 4) is 0 Å². The van der Waals surface area contributed by atoms with Crippen LogP contribution in [0.4, 0.5) is 0 Å². The van der Waals surface area contributed by atoms with Crippen LogP contribution < -0.4 is 0 Å². The number of aliphatic hydroxyl groups is 1. The van der Waals surface area contributed by atoms with Gasteiger partial charge in [0.2, 0.25) is 0 Å². The fraction of sp³-hybridized carbons (Fsp3) is 0.942. The number of esters is 4. The lowest BCUT2D eigenvalue weighted by molar-refractivity contribution is -0.161. The zero-order valence-corrected chi connectivity index (χ0v) is 59.1. The van der Waals surface area contributed by atoms with Crippen molar-refractivity contribution in [2.24, 2.45) is 23.7 Å². The van der Waals surface area contributed by atoms with Crippen LogP contribution >= 0.6 is 15.6 Å². The molecule has 0 amide bonds. The monoisotopic (exact) mass is 1300 g/mol. The Bertz CT molecular complexity index is 1750. The quantitative estimate of drug-likeness (QED) is 0.0222. The van der Waals surface area contributed by atoms with E-state index >= 15 is 0 Å². The van der Waals surface area contributed by atoms with Gasteiger partial charge in [0.05, 0.1) is 26.4 Å². The molecule has 8 atom stereocenters. The molecule has 0 aromatic carbocycles. The lowest BCUT2D eigenvalue weighted by Crippen LogP contribution is -2.30. The van der Waals surface area contributed by atoms with Gasteiger partial charge in [-0.2, -0.15) is 0 Å². The molecule has 0 saturated carbocycles. The van der Waals surface area contributed by atoms with Crippen molar-refractivity contribution >= 4 is 39.5 Å². The minimum atomic E-state index is -4.95. The van der Waals surface area contributed by atoms with Gasteiger partial charge in [-0.3, -0.25) is 37.3 Å². The van der Waals surface area contributed by atoms with Crippen molar-refractivity contribution in [1.82, 2.24) is 0 Å². The highest BCUT2D eigenvalue weighted by atomic mass is 31.2. The van der Waals surface area contributed by atoms with Crippen LogP contribution in [0.3, 0.4) is 0 Å². The van der Waals surface area contributed by atoms with Gasteiger partial charge >= 0.3 is 39.5 Å². The van der Waals surface area contributed by atoms with E-state index in [-0.39, 0.29) is 25.7 Å². The predicted octanol–water partition coefficient (Wildman–Crippen LogP) is 19.3. The Morgan fingerprint density at radius 2 is 0.545 bits per heavy atom. The topological polar surface area (TPSA) is 237 Å². The summed E-state index contributed by atoms with van der Waals surface area (Å²) in [5.41, 5.74) is 0. The number of phosphoric acid groups is 2. The Morgan fingerprint density at radius 1 is 0.318 bits per heavy atom. The van der Waals surface area contributed by atoms with Crippen LogP contribution in [-0.4, -0.2) is 96.7 Å². The maximum absolute atomic E-state index is 13.0. The third-order valence-electron chi connectivity index (χ3n) is 16.9. The lowest BCUT2D eigenvalue weighted by atomic mass is 9.99. The van der Waals surface area contributed by atoms with Crippen LogP contribution in [0.2, 0.25) is 0 Å². The van der Waals surface area contributed by atoms with Crippen molar-refractivity contribution < 1.29 is 80.2 Å². The lowest BCUT2D eigenvalue weighted by Gasteiger charge is -2.21. The van der Waals surface area contributed by atoms with Gasteiger partial charge in [0.25, 0.3) is 0 Å². The zero-order chi connectivity index (χ0) is 65.4.